The number of hydrogen-bond acceptors (Lipinski definition) is 3. The first-order valence-corrected chi connectivity index (χ1v) is 5.96. The summed E-state index contributed by atoms with van der Waals surface area (Å²) in [5, 5.41) is 9.43. The lowest BCUT2D eigenvalue weighted by atomic mass is 10.1. The lowest BCUT2D eigenvalue weighted by molar-refractivity contribution is 0.149. The highest BCUT2D eigenvalue weighted by molar-refractivity contribution is 5.24. The van der Waals surface area contributed by atoms with Gasteiger partial charge in [-0.15, -0.1) is 0 Å². The zero-order chi connectivity index (χ0) is 11.5. The molecule has 1 aromatic heterocycles. The number of pyridine rings is 1. The Kier molecular flexibility index (Phi) is 3.44. The first kappa shape index (κ1) is 11.4. The normalized spacial score (nSPS) is 25.0. The van der Waals surface area contributed by atoms with Gasteiger partial charge < -0.3 is 9.84 Å². The highest BCUT2D eigenvalue weighted by atomic mass is 16.5. The summed E-state index contributed by atoms with van der Waals surface area (Å²) < 4.78 is 5.84. The average molecular weight is 221 g/mol. The maximum atomic E-state index is 9.43. The molecule has 2 atom stereocenters. The SMILES string of the molecule is CC(C)c1cc(OC2CCC(O)C2)ccn1. The van der Waals surface area contributed by atoms with Gasteiger partial charge in [-0.2, -0.15) is 0 Å². The van der Waals surface area contributed by atoms with Crippen LogP contribution in [-0.4, -0.2) is 22.3 Å². The van der Waals surface area contributed by atoms with E-state index in [4.69, 9.17) is 4.74 Å². The van der Waals surface area contributed by atoms with Crippen molar-refractivity contribution in [1.29, 1.82) is 0 Å². The molecular weight excluding hydrogens is 202 g/mol. The van der Waals surface area contributed by atoms with Crippen molar-refractivity contribution >= 4 is 0 Å². The molecule has 0 saturated heterocycles. The first-order chi connectivity index (χ1) is 7.65. The van der Waals surface area contributed by atoms with Crippen molar-refractivity contribution in [2.45, 2.75) is 51.2 Å². The minimum absolute atomic E-state index is 0.164. The molecule has 1 saturated carbocycles. The standard InChI is InChI=1S/C13H19NO2/c1-9(2)13-8-12(5-6-14-13)16-11-4-3-10(15)7-11/h5-6,8-11,15H,3-4,7H2,1-2H3. The summed E-state index contributed by atoms with van der Waals surface area (Å²) in [4.78, 5) is 4.30. The van der Waals surface area contributed by atoms with Gasteiger partial charge in [0, 0.05) is 24.4 Å². The molecule has 0 spiro atoms. The van der Waals surface area contributed by atoms with Crippen LogP contribution in [-0.2, 0) is 0 Å². The van der Waals surface area contributed by atoms with Gasteiger partial charge in [0.15, 0.2) is 0 Å². The lowest BCUT2D eigenvalue weighted by Gasteiger charge is -2.14. The number of aliphatic hydroxyl groups excluding tert-OH is 1. The van der Waals surface area contributed by atoms with E-state index in [0.29, 0.717) is 5.92 Å². The topological polar surface area (TPSA) is 42.4 Å². The molecule has 0 radical (unpaired) electrons. The molecule has 1 fully saturated rings. The number of hydrogen-bond donors (Lipinski definition) is 1. The van der Waals surface area contributed by atoms with E-state index in [2.05, 4.69) is 18.8 Å². The minimum atomic E-state index is -0.184. The van der Waals surface area contributed by atoms with Crippen LogP contribution in [0.25, 0.3) is 0 Å². The summed E-state index contributed by atoms with van der Waals surface area (Å²) in [7, 11) is 0. The van der Waals surface area contributed by atoms with Crippen molar-refractivity contribution in [2.75, 3.05) is 0 Å². The molecule has 0 amide bonds. The van der Waals surface area contributed by atoms with Crippen LogP contribution in [0.2, 0.25) is 0 Å². The zero-order valence-corrected chi connectivity index (χ0v) is 9.89. The number of ether oxygens (including phenoxy) is 1. The molecule has 88 valence electrons. The van der Waals surface area contributed by atoms with Crippen molar-refractivity contribution < 1.29 is 9.84 Å². The van der Waals surface area contributed by atoms with Gasteiger partial charge in [0.25, 0.3) is 0 Å². The van der Waals surface area contributed by atoms with Crippen LogP contribution in [0.5, 0.6) is 5.75 Å². The molecule has 3 heteroatoms. The Bertz CT molecular complexity index is 352. The Morgan fingerprint density at radius 2 is 2.25 bits per heavy atom. The van der Waals surface area contributed by atoms with Crippen LogP contribution < -0.4 is 4.74 Å². The molecule has 0 aliphatic heterocycles. The van der Waals surface area contributed by atoms with Crippen LogP contribution in [0.4, 0.5) is 0 Å². The third-order valence-corrected chi connectivity index (χ3v) is 3.00. The van der Waals surface area contributed by atoms with E-state index < -0.39 is 0 Å². The van der Waals surface area contributed by atoms with E-state index in [-0.39, 0.29) is 12.2 Å². The fourth-order valence-corrected chi connectivity index (χ4v) is 2.03. The average Bonchev–Trinajstić information content (AvgIpc) is 2.64. The van der Waals surface area contributed by atoms with Gasteiger partial charge in [0.05, 0.1) is 6.10 Å². The molecule has 0 bridgehead atoms. The fourth-order valence-electron chi connectivity index (χ4n) is 2.03. The molecule has 2 unspecified atom stereocenters. The summed E-state index contributed by atoms with van der Waals surface area (Å²) in [6, 6.07) is 3.88. The van der Waals surface area contributed by atoms with Crippen LogP contribution >= 0.6 is 0 Å². The van der Waals surface area contributed by atoms with Crippen LogP contribution in [0.3, 0.4) is 0 Å². The van der Waals surface area contributed by atoms with Gasteiger partial charge in [-0.25, -0.2) is 0 Å². The van der Waals surface area contributed by atoms with Crippen molar-refractivity contribution in [3.8, 4) is 5.75 Å². The van der Waals surface area contributed by atoms with Crippen LogP contribution in [0.1, 0.15) is 44.7 Å². The van der Waals surface area contributed by atoms with Crippen molar-refractivity contribution in [3.05, 3.63) is 24.0 Å². The maximum Gasteiger partial charge on any atom is 0.123 e. The maximum absolute atomic E-state index is 9.43. The number of nitrogens with zero attached hydrogens (tertiary/aromatic N) is 1. The zero-order valence-electron chi connectivity index (χ0n) is 9.89. The minimum Gasteiger partial charge on any atom is -0.490 e. The van der Waals surface area contributed by atoms with E-state index >= 15 is 0 Å². The highest BCUT2D eigenvalue weighted by Crippen LogP contribution is 2.25. The summed E-state index contributed by atoms with van der Waals surface area (Å²) >= 11 is 0. The van der Waals surface area contributed by atoms with Crippen LogP contribution in [0, 0.1) is 0 Å². The van der Waals surface area contributed by atoms with Crippen molar-refractivity contribution in [1.82, 2.24) is 4.98 Å². The van der Waals surface area contributed by atoms with E-state index in [0.717, 1.165) is 30.7 Å². The van der Waals surface area contributed by atoms with Gasteiger partial charge in [0.2, 0.25) is 0 Å². The number of aliphatic hydroxyl groups is 1. The highest BCUT2D eigenvalue weighted by Gasteiger charge is 2.24. The first-order valence-electron chi connectivity index (χ1n) is 5.96. The van der Waals surface area contributed by atoms with Crippen LogP contribution in [0.15, 0.2) is 18.3 Å². The molecular formula is C13H19NO2. The molecule has 2 rings (SSSR count). The molecule has 1 aromatic rings. The predicted molar refractivity (Wildman–Crippen MR) is 62.6 cm³/mol. The van der Waals surface area contributed by atoms with Crippen molar-refractivity contribution in [3.63, 3.8) is 0 Å². The molecule has 1 aliphatic carbocycles. The summed E-state index contributed by atoms with van der Waals surface area (Å²) in [6.07, 6.45) is 4.32. The van der Waals surface area contributed by atoms with Gasteiger partial charge in [-0.1, -0.05) is 13.8 Å². The Hall–Kier alpha value is -1.09. The molecule has 1 N–H and O–H groups in total. The Labute approximate surface area is 96.5 Å². The fraction of sp³-hybridized carbons (Fsp3) is 0.615. The smallest absolute Gasteiger partial charge is 0.123 e. The molecule has 0 aromatic carbocycles. The molecule has 1 heterocycles. The third-order valence-electron chi connectivity index (χ3n) is 3.00. The summed E-state index contributed by atoms with van der Waals surface area (Å²) in [6.45, 7) is 4.23. The lowest BCUT2D eigenvalue weighted by Crippen LogP contribution is -2.13. The molecule has 1 aliphatic rings. The van der Waals surface area contributed by atoms with Gasteiger partial charge in [-0.05, 0) is 24.8 Å². The Balaban J connectivity index is 2.01. The quantitative estimate of drug-likeness (QED) is 0.852. The second-order valence-electron chi connectivity index (χ2n) is 4.78. The van der Waals surface area contributed by atoms with E-state index in [1.807, 2.05) is 12.1 Å². The van der Waals surface area contributed by atoms with E-state index in [9.17, 15) is 5.11 Å². The predicted octanol–water partition coefficient (Wildman–Crippen LogP) is 2.50. The monoisotopic (exact) mass is 221 g/mol. The Morgan fingerprint density at radius 1 is 1.44 bits per heavy atom. The number of rotatable bonds is 3. The molecule has 16 heavy (non-hydrogen) atoms. The summed E-state index contributed by atoms with van der Waals surface area (Å²) in [5.74, 6) is 1.29. The summed E-state index contributed by atoms with van der Waals surface area (Å²) in [5.41, 5.74) is 1.05. The van der Waals surface area contributed by atoms with Gasteiger partial charge in [0.1, 0.15) is 11.9 Å². The van der Waals surface area contributed by atoms with Gasteiger partial charge >= 0.3 is 0 Å². The third kappa shape index (κ3) is 2.73. The molecule has 3 nitrogen and oxygen atoms in total. The van der Waals surface area contributed by atoms with E-state index in [1.165, 1.54) is 0 Å². The Morgan fingerprint density at radius 3 is 2.88 bits per heavy atom. The van der Waals surface area contributed by atoms with Crippen molar-refractivity contribution in [2.24, 2.45) is 0 Å². The second-order valence-corrected chi connectivity index (χ2v) is 4.78. The van der Waals surface area contributed by atoms with Gasteiger partial charge in [-0.3, -0.25) is 4.98 Å². The second kappa shape index (κ2) is 4.83. The number of aromatic nitrogens is 1. The largest absolute Gasteiger partial charge is 0.490 e. The van der Waals surface area contributed by atoms with E-state index in [1.54, 1.807) is 6.20 Å².